The second-order valence-corrected chi connectivity index (χ2v) is 5.83. The van der Waals surface area contributed by atoms with Gasteiger partial charge in [-0.2, -0.15) is 5.10 Å². The van der Waals surface area contributed by atoms with E-state index in [4.69, 9.17) is 5.73 Å². The van der Waals surface area contributed by atoms with Crippen molar-refractivity contribution in [2.75, 3.05) is 13.1 Å². The Labute approximate surface area is 111 Å². The predicted octanol–water partition coefficient (Wildman–Crippen LogP) is 0.336. The Morgan fingerprint density at radius 2 is 2.05 bits per heavy atom. The minimum Gasteiger partial charge on any atom is -0.369 e. The van der Waals surface area contributed by atoms with Gasteiger partial charge in [-0.3, -0.25) is 14.7 Å². The van der Waals surface area contributed by atoms with Gasteiger partial charge in [-0.15, -0.1) is 0 Å². The number of hydrogen-bond acceptors (Lipinski definition) is 3. The van der Waals surface area contributed by atoms with E-state index >= 15 is 0 Å². The van der Waals surface area contributed by atoms with E-state index in [-0.39, 0.29) is 29.6 Å². The fourth-order valence-electron chi connectivity index (χ4n) is 3.02. The molecule has 0 bridgehead atoms. The van der Waals surface area contributed by atoms with E-state index in [1.54, 1.807) is 4.90 Å². The van der Waals surface area contributed by atoms with Crippen molar-refractivity contribution in [2.45, 2.75) is 19.8 Å². The van der Waals surface area contributed by atoms with Crippen molar-refractivity contribution in [3.63, 3.8) is 0 Å². The first-order valence-electron chi connectivity index (χ1n) is 6.63. The van der Waals surface area contributed by atoms with Crippen LogP contribution in [0.1, 0.15) is 35.9 Å². The van der Waals surface area contributed by atoms with Crippen LogP contribution in [0.3, 0.4) is 0 Å². The van der Waals surface area contributed by atoms with Crippen molar-refractivity contribution in [1.29, 1.82) is 0 Å². The van der Waals surface area contributed by atoms with Gasteiger partial charge in [-0.25, -0.2) is 0 Å². The summed E-state index contributed by atoms with van der Waals surface area (Å²) in [6.07, 6.45) is 0. The number of aromatic amines is 1. The zero-order chi connectivity index (χ0) is 13.7. The van der Waals surface area contributed by atoms with Gasteiger partial charge in [0.1, 0.15) is 5.69 Å². The highest BCUT2D eigenvalue weighted by Crippen LogP contribution is 2.51. The molecule has 0 spiro atoms. The van der Waals surface area contributed by atoms with E-state index in [9.17, 15) is 9.59 Å². The third-order valence-corrected chi connectivity index (χ3v) is 4.25. The molecule has 1 aromatic rings. The summed E-state index contributed by atoms with van der Waals surface area (Å²) >= 11 is 0. The third-order valence-electron chi connectivity index (χ3n) is 4.25. The summed E-state index contributed by atoms with van der Waals surface area (Å²) in [4.78, 5) is 25.1. The monoisotopic (exact) mass is 262 g/mol. The number of fused-ring (bicyclic) bond motifs is 1. The molecule has 3 atom stereocenters. The standard InChI is InChI=1S/C13H18N4O2/c1-6(2)9-3-10(16-15-9)13(19)17-4-7-8(5-17)11(7)12(14)18/h3,6-8,11H,4-5H2,1-2H3,(H2,14,18)(H,15,16)/t7-,8+,11?. The molecule has 1 aliphatic heterocycles. The quantitative estimate of drug-likeness (QED) is 0.822. The van der Waals surface area contributed by atoms with Gasteiger partial charge in [0.2, 0.25) is 5.91 Å². The maximum absolute atomic E-state index is 12.3. The Morgan fingerprint density at radius 3 is 2.53 bits per heavy atom. The number of primary amides is 1. The molecule has 19 heavy (non-hydrogen) atoms. The molecule has 2 aliphatic rings. The fourth-order valence-corrected chi connectivity index (χ4v) is 3.02. The molecule has 0 aromatic carbocycles. The summed E-state index contributed by atoms with van der Waals surface area (Å²) in [6.45, 7) is 5.34. The van der Waals surface area contributed by atoms with E-state index in [2.05, 4.69) is 10.2 Å². The number of H-pyrrole nitrogens is 1. The molecule has 1 aromatic heterocycles. The van der Waals surface area contributed by atoms with Crippen LogP contribution < -0.4 is 5.73 Å². The van der Waals surface area contributed by atoms with Crippen LogP contribution in [0, 0.1) is 17.8 Å². The Bertz CT molecular complexity index is 525. The van der Waals surface area contributed by atoms with Gasteiger partial charge in [0.25, 0.3) is 5.91 Å². The lowest BCUT2D eigenvalue weighted by atomic mass is 10.1. The SMILES string of the molecule is CC(C)c1cc(C(=O)N2C[C@@H]3C(C(N)=O)[C@@H]3C2)n[nH]1. The maximum atomic E-state index is 12.3. The van der Waals surface area contributed by atoms with E-state index in [1.165, 1.54) is 0 Å². The van der Waals surface area contributed by atoms with Gasteiger partial charge in [0.05, 0.1) is 0 Å². The van der Waals surface area contributed by atoms with Gasteiger partial charge in [0.15, 0.2) is 0 Å². The molecule has 1 unspecified atom stereocenters. The number of likely N-dealkylation sites (tertiary alicyclic amines) is 1. The van der Waals surface area contributed by atoms with Crippen molar-refractivity contribution < 1.29 is 9.59 Å². The minimum atomic E-state index is -0.232. The Balaban J connectivity index is 1.65. The van der Waals surface area contributed by atoms with Crippen LogP contribution in [0.2, 0.25) is 0 Å². The van der Waals surface area contributed by atoms with Crippen molar-refractivity contribution >= 4 is 11.8 Å². The topological polar surface area (TPSA) is 92.1 Å². The molecule has 3 rings (SSSR count). The number of piperidine rings is 1. The summed E-state index contributed by atoms with van der Waals surface area (Å²) in [5.74, 6) is 0.548. The minimum absolute atomic E-state index is 0.0190. The van der Waals surface area contributed by atoms with E-state index in [0.29, 0.717) is 24.7 Å². The summed E-state index contributed by atoms with van der Waals surface area (Å²) in [7, 11) is 0. The highest BCUT2D eigenvalue weighted by Gasteiger charge is 2.59. The first-order chi connectivity index (χ1) is 8.99. The molecule has 2 fully saturated rings. The van der Waals surface area contributed by atoms with Crippen molar-refractivity contribution in [3.8, 4) is 0 Å². The van der Waals surface area contributed by atoms with E-state index in [0.717, 1.165) is 5.69 Å². The van der Waals surface area contributed by atoms with Crippen molar-refractivity contribution in [3.05, 3.63) is 17.5 Å². The van der Waals surface area contributed by atoms with Gasteiger partial charge < -0.3 is 10.6 Å². The molecule has 1 saturated heterocycles. The first kappa shape index (κ1) is 12.2. The largest absolute Gasteiger partial charge is 0.369 e. The number of carbonyl (C=O) groups is 2. The molecular weight excluding hydrogens is 244 g/mol. The van der Waals surface area contributed by atoms with Crippen LogP contribution in [-0.4, -0.2) is 40.0 Å². The fraction of sp³-hybridized carbons (Fsp3) is 0.615. The summed E-state index contributed by atoms with van der Waals surface area (Å²) in [6, 6.07) is 1.81. The lowest BCUT2D eigenvalue weighted by Gasteiger charge is -2.17. The van der Waals surface area contributed by atoms with Gasteiger partial charge >= 0.3 is 0 Å². The second-order valence-electron chi connectivity index (χ2n) is 5.83. The highest BCUT2D eigenvalue weighted by molar-refractivity contribution is 5.93. The summed E-state index contributed by atoms with van der Waals surface area (Å²) in [5, 5.41) is 6.96. The van der Waals surface area contributed by atoms with E-state index < -0.39 is 0 Å². The van der Waals surface area contributed by atoms with Crippen molar-refractivity contribution in [2.24, 2.45) is 23.5 Å². The zero-order valence-electron chi connectivity index (χ0n) is 11.1. The molecule has 2 heterocycles. The molecule has 6 nitrogen and oxygen atoms in total. The molecule has 1 saturated carbocycles. The lowest BCUT2D eigenvalue weighted by Crippen LogP contribution is -2.33. The number of aromatic nitrogens is 2. The number of rotatable bonds is 3. The van der Waals surface area contributed by atoms with Crippen LogP contribution in [-0.2, 0) is 4.79 Å². The third kappa shape index (κ3) is 1.91. The van der Waals surface area contributed by atoms with Crippen LogP contribution >= 0.6 is 0 Å². The molecule has 3 N–H and O–H groups in total. The molecule has 6 heteroatoms. The summed E-state index contributed by atoms with van der Waals surface area (Å²) in [5.41, 5.74) is 6.72. The number of nitrogens with two attached hydrogens (primary N) is 1. The number of amides is 2. The van der Waals surface area contributed by atoms with Crippen LogP contribution in [0.5, 0.6) is 0 Å². The Hall–Kier alpha value is -1.85. The van der Waals surface area contributed by atoms with Gasteiger partial charge in [-0.1, -0.05) is 13.8 Å². The molecule has 1 aliphatic carbocycles. The smallest absolute Gasteiger partial charge is 0.274 e. The number of nitrogens with one attached hydrogen (secondary N) is 1. The lowest BCUT2D eigenvalue weighted by molar-refractivity contribution is -0.120. The number of carbonyl (C=O) groups excluding carboxylic acids is 2. The Kier molecular flexibility index (Phi) is 2.62. The molecule has 2 amide bonds. The number of nitrogens with zero attached hydrogens (tertiary/aromatic N) is 2. The highest BCUT2D eigenvalue weighted by atomic mass is 16.2. The van der Waals surface area contributed by atoms with Gasteiger partial charge in [0, 0.05) is 24.7 Å². The zero-order valence-corrected chi connectivity index (χ0v) is 11.1. The van der Waals surface area contributed by atoms with E-state index in [1.807, 2.05) is 19.9 Å². The van der Waals surface area contributed by atoms with Crippen LogP contribution in [0.25, 0.3) is 0 Å². The first-order valence-corrected chi connectivity index (χ1v) is 6.63. The molecule has 0 radical (unpaired) electrons. The second kappa shape index (κ2) is 4.08. The maximum Gasteiger partial charge on any atom is 0.274 e. The van der Waals surface area contributed by atoms with Gasteiger partial charge in [-0.05, 0) is 23.8 Å². The average Bonchev–Trinajstić information content (AvgIpc) is 2.79. The Morgan fingerprint density at radius 1 is 1.42 bits per heavy atom. The molecular formula is C13H18N4O2. The average molecular weight is 262 g/mol. The van der Waals surface area contributed by atoms with Crippen LogP contribution in [0.4, 0.5) is 0 Å². The predicted molar refractivity (Wildman–Crippen MR) is 68.2 cm³/mol. The summed E-state index contributed by atoms with van der Waals surface area (Å²) < 4.78 is 0. The normalized spacial score (nSPS) is 28.6. The van der Waals surface area contributed by atoms with Crippen molar-refractivity contribution in [1.82, 2.24) is 15.1 Å². The number of hydrogen-bond donors (Lipinski definition) is 2. The molecule has 102 valence electrons. The van der Waals surface area contributed by atoms with Crippen LogP contribution in [0.15, 0.2) is 6.07 Å².